The smallest absolute Gasteiger partial charge is 0.321 e. The topological polar surface area (TPSA) is 90.4 Å². The van der Waals surface area contributed by atoms with Crippen molar-refractivity contribution in [1.29, 1.82) is 0 Å². The van der Waals surface area contributed by atoms with Gasteiger partial charge in [0.05, 0.1) is 0 Å². The molecule has 0 fully saturated rings. The van der Waals surface area contributed by atoms with E-state index in [-0.39, 0.29) is 0 Å². The summed E-state index contributed by atoms with van der Waals surface area (Å²) in [6.45, 7) is 0. The average Bonchev–Trinajstić information content (AvgIpc) is 2.60. The molecule has 4 aromatic rings. The molecule has 0 atom stereocenters. The summed E-state index contributed by atoms with van der Waals surface area (Å²) in [6, 6.07) is 20.5. The van der Waals surface area contributed by atoms with Crippen molar-refractivity contribution >= 4 is 34.4 Å². The van der Waals surface area contributed by atoms with E-state index in [0.717, 1.165) is 27.1 Å². The van der Waals surface area contributed by atoms with Gasteiger partial charge in [-0.05, 0) is 39.7 Å². The van der Waals surface area contributed by atoms with Crippen LogP contribution in [0.25, 0.3) is 32.8 Å². The van der Waals surface area contributed by atoms with Crippen LogP contribution in [0.4, 0.5) is 0 Å². The number of aromatic amines is 1. The fraction of sp³-hybridized carbons (Fsp3) is 0. The zero-order valence-corrected chi connectivity index (χ0v) is 13.9. The molecule has 124 valence electrons. The standard InChI is InChI=1S/C19H14NO4P/c21-19-18(25(22,23)24)10-9-17(20-19)16-11-12-5-1-2-6-13(12)14-7-3-4-8-15(14)16/h1-11H,(H,20,21)(H2,22,23,24). The number of hydrogen-bond donors (Lipinski definition) is 3. The lowest BCUT2D eigenvalue weighted by Crippen LogP contribution is -2.27. The molecule has 0 radical (unpaired) electrons. The molecule has 1 aromatic heterocycles. The van der Waals surface area contributed by atoms with Gasteiger partial charge < -0.3 is 14.8 Å². The number of H-pyrrole nitrogens is 1. The van der Waals surface area contributed by atoms with Gasteiger partial charge in [0.1, 0.15) is 5.30 Å². The minimum absolute atomic E-state index is 0.518. The molecule has 3 N–H and O–H groups in total. The van der Waals surface area contributed by atoms with Crippen molar-refractivity contribution in [1.82, 2.24) is 4.98 Å². The highest BCUT2D eigenvalue weighted by molar-refractivity contribution is 7.60. The molecule has 0 unspecified atom stereocenters. The average molecular weight is 351 g/mol. The second kappa shape index (κ2) is 5.67. The van der Waals surface area contributed by atoms with Gasteiger partial charge in [-0.2, -0.15) is 0 Å². The summed E-state index contributed by atoms with van der Waals surface area (Å²) < 4.78 is 11.4. The van der Waals surface area contributed by atoms with Gasteiger partial charge in [-0.15, -0.1) is 0 Å². The van der Waals surface area contributed by atoms with Gasteiger partial charge in [0.2, 0.25) is 0 Å². The third-order valence-electron chi connectivity index (χ3n) is 4.26. The molecule has 0 aliphatic rings. The molecule has 1 heterocycles. The Hall–Kier alpha value is -2.72. The lowest BCUT2D eigenvalue weighted by atomic mass is 9.95. The molecule has 4 rings (SSSR count). The van der Waals surface area contributed by atoms with Crippen molar-refractivity contribution in [2.24, 2.45) is 0 Å². The fourth-order valence-electron chi connectivity index (χ4n) is 3.13. The molecular formula is C19H14NO4P. The molecule has 0 saturated heterocycles. The van der Waals surface area contributed by atoms with Crippen LogP contribution in [0.5, 0.6) is 0 Å². The summed E-state index contributed by atoms with van der Waals surface area (Å²) >= 11 is 0. The monoisotopic (exact) mass is 351 g/mol. The van der Waals surface area contributed by atoms with E-state index in [4.69, 9.17) is 0 Å². The Morgan fingerprint density at radius 1 is 0.800 bits per heavy atom. The molecule has 0 aliphatic carbocycles. The number of pyridine rings is 1. The van der Waals surface area contributed by atoms with Crippen molar-refractivity contribution in [3.8, 4) is 11.3 Å². The van der Waals surface area contributed by atoms with Crippen molar-refractivity contribution in [2.45, 2.75) is 0 Å². The van der Waals surface area contributed by atoms with E-state index in [9.17, 15) is 19.1 Å². The molecule has 0 saturated carbocycles. The van der Waals surface area contributed by atoms with Crippen LogP contribution in [0.3, 0.4) is 0 Å². The van der Waals surface area contributed by atoms with E-state index in [1.165, 1.54) is 12.1 Å². The maximum absolute atomic E-state index is 12.1. The zero-order valence-electron chi connectivity index (χ0n) is 13.0. The van der Waals surface area contributed by atoms with E-state index in [2.05, 4.69) is 4.98 Å². The van der Waals surface area contributed by atoms with Crippen molar-refractivity contribution < 1.29 is 14.4 Å². The molecule has 25 heavy (non-hydrogen) atoms. The highest BCUT2D eigenvalue weighted by atomic mass is 31.2. The van der Waals surface area contributed by atoms with Crippen LogP contribution < -0.4 is 10.9 Å². The lowest BCUT2D eigenvalue weighted by molar-refractivity contribution is 0.387. The Labute approximate surface area is 142 Å². The molecular weight excluding hydrogens is 337 g/mol. The van der Waals surface area contributed by atoms with E-state index < -0.39 is 18.5 Å². The van der Waals surface area contributed by atoms with Crippen LogP contribution >= 0.6 is 7.60 Å². The van der Waals surface area contributed by atoms with Crippen molar-refractivity contribution in [3.63, 3.8) is 0 Å². The first-order chi connectivity index (χ1) is 11.9. The summed E-state index contributed by atoms with van der Waals surface area (Å²) in [5, 5.41) is 3.62. The maximum Gasteiger partial charge on any atom is 0.361 e. The van der Waals surface area contributed by atoms with Crippen LogP contribution in [0.1, 0.15) is 0 Å². The number of benzene rings is 3. The third kappa shape index (κ3) is 2.68. The Kier molecular flexibility index (Phi) is 3.58. The highest BCUT2D eigenvalue weighted by Gasteiger charge is 2.21. The lowest BCUT2D eigenvalue weighted by Gasteiger charge is -2.11. The van der Waals surface area contributed by atoms with Crippen molar-refractivity contribution in [2.75, 3.05) is 0 Å². The van der Waals surface area contributed by atoms with Crippen molar-refractivity contribution in [3.05, 3.63) is 77.1 Å². The Morgan fingerprint density at radius 3 is 2.12 bits per heavy atom. The van der Waals surface area contributed by atoms with Gasteiger partial charge in [-0.25, -0.2) is 0 Å². The second-order valence-corrected chi connectivity index (χ2v) is 7.39. The molecule has 0 aliphatic heterocycles. The zero-order chi connectivity index (χ0) is 17.6. The molecule has 6 heteroatoms. The van der Waals surface area contributed by atoms with Crippen LogP contribution in [0.2, 0.25) is 0 Å². The normalized spacial score (nSPS) is 11.9. The number of nitrogens with one attached hydrogen (secondary N) is 1. The number of rotatable bonds is 2. The number of aromatic nitrogens is 1. The van der Waals surface area contributed by atoms with E-state index in [1.807, 2.05) is 54.6 Å². The maximum atomic E-state index is 12.1. The molecule has 0 bridgehead atoms. The van der Waals surface area contributed by atoms with Gasteiger partial charge in [-0.1, -0.05) is 48.5 Å². The summed E-state index contributed by atoms with van der Waals surface area (Å²) in [4.78, 5) is 33.2. The largest absolute Gasteiger partial charge is 0.361 e. The van der Waals surface area contributed by atoms with Gasteiger partial charge >= 0.3 is 7.60 Å². The second-order valence-electron chi connectivity index (χ2n) is 5.82. The van der Waals surface area contributed by atoms with Crippen LogP contribution in [0, 0.1) is 0 Å². The first kappa shape index (κ1) is 15.8. The summed E-state index contributed by atoms with van der Waals surface area (Å²) in [7, 11) is -4.60. The quantitative estimate of drug-likeness (QED) is 0.382. The van der Waals surface area contributed by atoms with Crippen LogP contribution in [0.15, 0.2) is 71.5 Å². The molecule has 3 aromatic carbocycles. The minimum atomic E-state index is -4.60. The Balaban J connectivity index is 2.05. The first-order valence-electron chi connectivity index (χ1n) is 7.65. The third-order valence-corrected chi connectivity index (χ3v) is 5.24. The van der Waals surface area contributed by atoms with Gasteiger partial charge in [0.25, 0.3) is 5.56 Å². The summed E-state index contributed by atoms with van der Waals surface area (Å²) in [6.07, 6.45) is 0. The Morgan fingerprint density at radius 2 is 1.44 bits per heavy atom. The van der Waals surface area contributed by atoms with E-state index in [1.54, 1.807) is 0 Å². The molecule has 0 amide bonds. The summed E-state index contributed by atoms with van der Waals surface area (Å²) in [5.41, 5.74) is 0.552. The van der Waals surface area contributed by atoms with Gasteiger partial charge in [-0.3, -0.25) is 9.36 Å². The SMILES string of the molecule is O=c1[nH]c(-c2cc3ccccc3c3ccccc23)ccc1P(=O)(O)O. The number of hydrogen-bond acceptors (Lipinski definition) is 2. The minimum Gasteiger partial charge on any atom is -0.321 e. The molecule has 0 spiro atoms. The van der Waals surface area contributed by atoms with E-state index in [0.29, 0.717) is 5.69 Å². The fourth-order valence-corrected chi connectivity index (χ4v) is 3.72. The van der Waals surface area contributed by atoms with Gasteiger partial charge in [0.15, 0.2) is 0 Å². The molecule has 5 nitrogen and oxygen atoms in total. The first-order valence-corrected chi connectivity index (χ1v) is 9.27. The number of fused-ring (bicyclic) bond motifs is 3. The van der Waals surface area contributed by atoms with E-state index >= 15 is 0 Å². The highest BCUT2D eigenvalue weighted by Crippen LogP contribution is 2.35. The summed E-state index contributed by atoms with van der Waals surface area (Å²) in [5.74, 6) is 0. The Bertz CT molecular complexity index is 1220. The van der Waals surface area contributed by atoms with Crippen LogP contribution in [-0.2, 0) is 4.57 Å². The van der Waals surface area contributed by atoms with Gasteiger partial charge in [0, 0.05) is 11.3 Å². The predicted octanol–water partition coefficient (Wildman–Crippen LogP) is 3.15. The van der Waals surface area contributed by atoms with Crippen LogP contribution in [-0.4, -0.2) is 14.8 Å². The predicted molar refractivity (Wildman–Crippen MR) is 99.2 cm³/mol.